The summed E-state index contributed by atoms with van der Waals surface area (Å²) in [5.41, 5.74) is 0.0982. The topological polar surface area (TPSA) is 63.5 Å². The van der Waals surface area contributed by atoms with E-state index in [2.05, 4.69) is 0 Å². The summed E-state index contributed by atoms with van der Waals surface area (Å²) < 4.78 is 14.3. The molecule has 0 heterocycles. The maximum Gasteiger partial charge on any atom is 0.270 e. The first-order chi connectivity index (χ1) is 9.91. The molecule has 0 fully saturated rings. The largest absolute Gasteiger partial charge is 0.309 e. The van der Waals surface area contributed by atoms with Crippen LogP contribution in [0.2, 0.25) is 0 Å². The number of para-hydroxylation sites is 1. The highest BCUT2D eigenvalue weighted by atomic mass is 127. The van der Waals surface area contributed by atoms with Crippen molar-refractivity contribution in [3.63, 3.8) is 0 Å². The lowest BCUT2D eigenvalue weighted by Crippen LogP contribution is -2.27. The van der Waals surface area contributed by atoms with Crippen molar-refractivity contribution in [2.24, 2.45) is 0 Å². The second-order valence-corrected chi connectivity index (χ2v) is 5.40. The number of carbonyl (C=O) groups is 1. The Hall–Kier alpha value is -2.03. The smallest absolute Gasteiger partial charge is 0.270 e. The lowest BCUT2D eigenvalue weighted by Gasteiger charge is -2.18. The summed E-state index contributed by atoms with van der Waals surface area (Å²) in [7, 11) is 1.43. The molecule has 108 valence electrons. The minimum absolute atomic E-state index is 0.116. The van der Waals surface area contributed by atoms with E-state index in [4.69, 9.17) is 0 Å². The van der Waals surface area contributed by atoms with Gasteiger partial charge in [0, 0.05) is 22.8 Å². The first-order valence-corrected chi connectivity index (χ1v) is 6.96. The van der Waals surface area contributed by atoms with Crippen LogP contribution in [0.25, 0.3) is 0 Å². The van der Waals surface area contributed by atoms with Gasteiger partial charge >= 0.3 is 0 Å². The van der Waals surface area contributed by atoms with Gasteiger partial charge in [0.05, 0.1) is 16.2 Å². The van der Waals surface area contributed by atoms with Crippen LogP contribution < -0.4 is 4.90 Å². The summed E-state index contributed by atoms with van der Waals surface area (Å²) in [5.74, 6) is -1.04. The van der Waals surface area contributed by atoms with Crippen LogP contribution >= 0.6 is 22.6 Å². The zero-order valence-electron chi connectivity index (χ0n) is 10.9. The van der Waals surface area contributed by atoms with Crippen LogP contribution in [0.4, 0.5) is 15.8 Å². The molecule has 0 saturated carbocycles. The molecule has 21 heavy (non-hydrogen) atoms. The van der Waals surface area contributed by atoms with Crippen LogP contribution in [0.1, 0.15) is 10.4 Å². The number of carbonyl (C=O) groups excluding carboxylic acids is 1. The molecule has 2 aromatic carbocycles. The van der Waals surface area contributed by atoms with Crippen molar-refractivity contribution in [2.75, 3.05) is 11.9 Å². The van der Waals surface area contributed by atoms with Gasteiger partial charge in [0.1, 0.15) is 5.82 Å². The molecule has 0 aliphatic rings. The maximum atomic E-state index is 13.7. The quantitative estimate of drug-likeness (QED) is 0.449. The molecule has 2 rings (SSSR count). The second-order valence-electron chi connectivity index (χ2n) is 4.24. The molecule has 0 aromatic heterocycles. The fraction of sp³-hybridized carbons (Fsp3) is 0.0714. The fourth-order valence-corrected chi connectivity index (χ4v) is 2.37. The van der Waals surface area contributed by atoms with E-state index < -0.39 is 16.6 Å². The average Bonchev–Trinajstić information content (AvgIpc) is 2.46. The first-order valence-electron chi connectivity index (χ1n) is 5.88. The number of hydrogen-bond donors (Lipinski definition) is 0. The van der Waals surface area contributed by atoms with Gasteiger partial charge in [-0.15, -0.1) is 0 Å². The van der Waals surface area contributed by atoms with Gasteiger partial charge in [-0.25, -0.2) is 4.39 Å². The number of anilines is 1. The van der Waals surface area contributed by atoms with Crippen molar-refractivity contribution in [2.45, 2.75) is 0 Å². The number of amides is 1. The van der Waals surface area contributed by atoms with Crippen LogP contribution in [-0.2, 0) is 0 Å². The summed E-state index contributed by atoms with van der Waals surface area (Å²) in [5, 5.41) is 10.8. The Morgan fingerprint density at radius 2 is 1.95 bits per heavy atom. The first kappa shape index (κ1) is 15.4. The number of nitro benzene ring substituents is 1. The van der Waals surface area contributed by atoms with E-state index in [1.54, 1.807) is 6.07 Å². The molecular weight excluding hydrogens is 390 g/mol. The Balaban J connectivity index is 2.42. The lowest BCUT2D eigenvalue weighted by atomic mass is 10.1. The molecule has 0 unspecified atom stereocenters. The lowest BCUT2D eigenvalue weighted by molar-refractivity contribution is -0.384. The van der Waals surface area contributed by atoms with Crippen LogP contribution in [0, 0.1) is 19.5 Å². The average molecular weight is 400 g/mol. The molecule has 0 aliphatic carbocycles. The van der Waals surface area contributed by atoms with Gasteiger partial charge in [-0.1, -0.05) is 12.1 Å². The molecule has 0 spiro atoms. The van der Waals surface area contributed by atoms with Crippen LogP contribution in [0.3, 0.4) is 0 Å². The molecule has 0 bridgehead atoms. The fourth-order valence-electron chi connectivity index (χ4n) is 1.80. The third-order valence-electron chi connectivity index (χ3n) is 2.91. The van der Waals surface area contributed by atoms with E-state index in [9.17, 15) is 19.3 Å². The zero-order valence-corrected chi connectivity index (χ0v) is 13.1. The molecule has 7 heteroatoms. The summed E-state index contributed by atoms with van der Waals surface area (Å²) in [6.07, 6.45) is 0. The van der Waals surface area contributed by atoms with E-state index in [1.807, 2.05) is 22.6 Å². The number of rotatable bonds is 3. The van der Waals surface area contributed by atoms with Crippen molar-refractivity contribution in [3.8, 4) is 0 Å². The third kappa shape index (κ3) is 3.18. The van der Waals surface area contributed by atoms with Gasteiger partial charge < -0.3 is 4.90 Å². The summed E-state index contributed by atoms with van der Waals surface area (Å²) in [6, 6.07) is 9.86. The van der Waals surface area contributed by atoms with Gasteiger partial charge in [0.25, 0.3) is 11.6 Å². The molecule has 0 N–H and O–H groups in total. The van der Waals surface area contributed by atoms with E-state index in [0.717, 1.165) is 4.90 Å². The minimum atomic E-state index is -0.573. The second kappa shape index (κ2) is 6.17. The maximum absolute atomic E-state index is 13.7. The SMILES string of the molecule is CN(C(=O)c1cc([N+](=O)[O-])ccc1I)c1ccccc1F. The number of halogens is 2. The van der Waals surface area contributed by atoms with Crippen molar-refractivity contribution < 1.29 is 14.1 Å². The Bertz CT molecular complexity index is 721. The van der Waals surface area contributed by atoms with Crippen molar-refractivity contribution in [1.29, 1.82) is 0 Å². The highest BCUT2D eigenvalue weighted by Gasteiger charge is 2.21. The minimum Gasteiger partial charge on any atom is -0.309 e. The highest BCUT2D eigenvalue weighted by molar-refractivity contribution is 14.1. The molecule has 0 saturated heterocycles. The van der Waals surface area contributed by atoms with Crippen molar-refractivity contribution in [1.82, 2.24) is 0 Å². The van der Waals surface area contributed by atoms with Crippen molar-refractivity contribution >= 4 is 39.9 Å². The summed E-state index contributed by atoms with van der Waals surface area (Å²) >= 11 is 1.91. The Labute approximate surface area is 133 Å². The highest BCUT2D eigenvalue weighted by Crippen LogP contribution is 2.24. The van der Waals surface area contributed by atoms with Gasteiger partial charge in [-0.3, -0.25) is 14.9 Å². The number of non-ortho nitro benzene ring substituents is 1. The molecule has 0 atom stereocenters. The van der Waals surface area contributed by atoms with E-state index >= 15 is 0 Å². The monoisotopic (exact) mass is 400 g/mol. The Kier molecular flexibility index (Phi) is 4.51. The number of nitrogens with zero attached hydrogens (tertiary/aromatic N) is 2. The van der Waals surface area contributed by atoms with E-state index in [-0.39, 0.29) is 16.9 Å². The number of benzene rings is 2. The molecular formula is C14H10FIN2O3. The number of hydrogen-bond acceptors (Lipinski definition) is 3. The van der Waals surface area contributed by atoms with Gasteiger partial charge in [0.15, 0.2) is 0 Å². The molecule has 0 radical (unpaired) electrons. The summed E-state index contributed by atoms with van der Waals surface area (Å²) in [6.45, 7) is 0. The normalized spacial score (nSPS) is 10.2. The van der Waals surface area contributed by atoms with Crippen LogP contribution in [0.5, 0.6) is 0 Å². The standard InChI is InChI=1S/C14H10FIN2O3/c1-17(13-5-3-2-4-11(13)15)14(19)10-8-9(18(20)21)6-7-12(10)16/h2-8H,1H3. The van der Waals surface area contributed by atoms with Gasteiger partial charge in [-0.05, 0) is 40.8 Å². The van der Waals surface area contributed by atoms with Crippen LogP contribution in [0.15, 0.2) is 42.5 Å². The Morgan fingerprint density at radius 1 is 1.29 bits per heavy atom. The zero-order chi connectivity index (χ0) is 15.6. The molecule has 1 amide bonds. The van der Waals surface area contributed by atoms with E-state index in [0.29, 0.717) is 3.57 Å². The van der Waals surface area contributed by atoms with Gasteiger partial charge in [0.2, 0.25) is 0 Å². The van der Waals surface area contributed by atoms with Gasteiger partial charge in [-0.2, -0.15) is 0 Å². The Morgan fingerprint density at radius 3 is 2.57 bits per heavy atom. The predicted molar refractivity (Wildman–Crippen MR) is 84.9 cm³/mol. The van der Waals surface area contributed by atoms with Crippen LogP contribution in [-0.4, -0.2) is 17.9 Å². The van der Waals surface area contributed by atoms with E-state index in [1.165, 1.54) is 43.4 Å². The number of nitro groups is 1. The molecule has 2 aromatic rings. The molecule has 5 nitrogen and oxygen atoms in total. The predicted octanol–water partition coefficient (Wildman–Crippen LogP) is 3.62. The van der Waals surface area contributed by atoms with Crippen molar-refractivity contribution in [3.05, 3.63) is 67.5 Å². The third-order valence-corrected chi connectivity index (χ3v) is 3.85. The summed E-state index contributed by atoms with van der Waals surface area (Å²) in [4.78, 5) is 23.8. The molecule has 0 aliphatic heterocycles.